The summed E-state index contributed by atoms with van der Waals surface area (Å²) in [5, 5.41) is 4.45. The summed E-state index contributed by atoms with van der Waals surface area (Å²) in [5.74, 6) is 1.64. The molecule has 0 saturated carbocycles. The van der Waals surface area contributed by atoms with Crippen molar-refractivity contribution in [3.05, 3.63) is 30.1 Å². The Kier molecular flexibility index (Phi) is 2.65. The molecule has 0 amide bonds. The Bertz CT molecular complexity index is 535. The van der Waals surface area contributed by atoms with Gasteiger partial charge in [0.1, 0.15) is 0 Å². The Balaban J connectivity index is 2.55. The third-order valence-electron chi connectivity index (χ3n) is 2.64. The van der Waals surface area contributed by atoms with Crippen LogP contribution in [0.15, 0.2) is 24.3 Å². The van der Waals surface area contributed by atoms with Crippen LogP contribution in [0.1, 0.15) is 26.6 Å². The van der Waals surface area contributed by atoms with Gasteiger partial charge in [0.05, 0.1) is 0 Å². The molecule has 2 N–H and O–H groups in total. The van der Waals surface area contributed by atoms with Gasteiger partial charge in [-0.2, -0.15) is 5.10 Å². The highest BCUT2D eigenvalue weighted by Gasteiger charge is 2.21. The van der Waals surface area contributed by atoms with E-state index in [1.807, 2.05) is 31.3 Å². The lowest BCUT2D eigenvalue weighted by molar-refractivity contribution is 0.538. The van der Waals surface area contributed by atoms with E-state index in [0.29, 0.717) is 0 Å². The summed E-state index contributed by atoms with van der Waals surface area (Å²) in [6.07, 6.45) is 0. The van der Waals surface area contributed by atoms with Gasteiger partial charge in [-0.15, -0.1) is 0 Å². The second kappa shape index (κ2) is 3.87. The minimum atomic E-state index is -0.0560. The van der Waals surface area contributed by atoms with Gasteiger partial charge in [-0.05, 0) is 12.1 Å². The van der Waals surface area contributed by atoms with Gasteiger partial charge in [0.15, 0.2) is 11.6 Å². The standard InChI is InChI=1S/C13H18N4/c1-13(2,3)12-15-11(17(4)16-12)9-7-5-6-8-10(9)14/h5-8H,14H2,1-4H3. The molecule has 4 nitrogen and oxygen atoms in total. The summed E-state index contributed by atoms with van der Waals surface area (Å²) in [6.45, 7) is 6.29. The molecule has 0 aliphatic heterocycles. The fraction of sp³-hybridized carbons (Fsp3) is 0.385. The van der Waals surface area contributed by atoms with Crippen LogP contribution in [0.5, 0.6) is 0 Å². The van der Waals surface area contributed by atoms with Crippen molar-refractivity contribution < 1.29 is 0 Å². The Morgan fingerprint density at radius 3 is 2.35 bits per heavy atom. The molecule has 1 heterocycles. The van der Waals surface area contributed by atoms with Crippen molar-refractivity contribution in [2.45, 2.75) is 26.2 Å². The molecule has 4 heteroatoms. The molecule has 0 atom stereocenters. The highest BCUT2D eigenvalue weighted by molar-refractivity contribution is 5.71. The Hall–Kier alpha value is -1.84. The average molecular weight is 230 g/mol. The molecule has 2 aromatic rings. The molecule has 0 fully saturated rings. The van der Waals surface area contributed by atoms with Crippen LogP contribution in [0, 0.1) is 0 Å². The second-order valence-corrected chi connectivity index (χ2v) is 5.22. The van der Waals surface area contributed by atoms with Crippen molar-refractivity contribution in [1.82, 2.24) is 14.8 Å². The third-order valence-corrected chi connectivity index (χ3v) is 2.64. The summed E-state index contributed by atoms with van der Waals surface area (Å²) in [5.41, 5.74) is 7.56. The second-order valence-electron chi connectivity index (χ2n) is 5.22. The monoisotopic (exact) mass is 230 g/mol. The summed E-state index contributed by atoms with van der Waals surface area (Å²) in [6, 6.07) is 7.71. The zero-order chi connectivity index (χ0) is 12.6. The number of aromatic nitrogens is 3. The molecular weight excluding hydrogens is 212 g/mol. The molecule has 2 rings (SSSR count). The summed E-state index contributed by atoms with van der Waals surface area (Å²) < 4.78 is 1.78. The smallest absolute Gasteiger partial charge is 0.160 e. The number of nitrogens with zero attached hydrogens (tertiary/aromatic N) is 3. The van der Waals surface area contributed by atoms with Crippen molar-refractivity contribution in [3.8, 4) is 11.4 Å². The van der Waals surface area contributed by atoms with E-state index in [1.54, 1.807) is 4.68 Å². The topological polar surface area (TPSA) is 56.7 Å². The molecule has 0 spiro atoms. The summed E-state index contributed by atoms with van der Waals surface area (Å²) in [4.78, 5) is 4.58. The fourth-order valence-corrected chi connectivity index (χ4v) is 1.64. The van der Waals surface area contributed by atoms with Gasteiger partial charge in [-0.25, -0.2) is 9.67 Å². The van der Waals surface area contributed by atoms with Gasteiger partial charge in [0.2, 0.25) is 0 Å². The minimum Gasteiger partial charge on any atom is -0.398 e. The summed E-state index contributed by atoms with van der Waals surface area (Å²) >= 11 is 0. The van der Waals surface area contributed by atoms with Crippen LogP contribution in [0.4, 0.5) is 5.69 Å². The van der Waals surface area contributed by atoms with Gasteiger partial charge >= 0.3 is 0 Å². The molecule has 0 aliphatic rings. The quantitative estimate of drug-likeness (QED) is 0.765. The lowest BCUT2D eigenvalue weighted by atomic mass is 9.96. The van der Waals surface area contributed by atoms with E-state index in [9.17, 15) is 0 Å². The van der Waals surface area contributed by atoms with Crippen LogP contribution in [0.25, 0.3) is 11.4 Å². The van der Waals surface area contributed by atoms with Crippen LogP contribution in [0.2, 0.25) is 0 Å². The van der Waals surface area contributed by atoms with Crippen molar-refractivity contribution >= 4 is 5.69 Å². The molecule has 1 aromatic heterocycles. The van der Waals surface area contributed by atoms with Crippen LogP contribution < -0.4 is 5.73 Å². The summed E-state index contributed by atoms with van der Waals surface area (Å²) in [7, 11) is 1.89. The molecule has 0 unspecified atom stereocenters. The normalized spacial score (nSPS) is 11.8. The number of hydrogen-bond donors (Lipinski definition) is 1. The number of anilines is 1. The molecule has 0 aliphatic carbocycles. The maximum Gasteiger partial charge on any atom is 0.160 e. The highest BCUT2D eigenvalue weighted by Crippen LogP contribution is 2.26. The van der Waals surface area contributed by atoms with Gasteiger partial charge in [0, 0.05) is 23.7 Å². The van der Waals surface area contributed by atoms with Crippen molar-refractivity contribution in [2.24, 2.45) is 7.05 Å². The third kappa shape index (κ3) is 2.16. The van der Waals surface area contributed by atoms with Crippen LogP contribution in [-0.2, 0) is 12.5 Å². The number of aryl methyl sites for hydroxylation is 1. The molecule has 90 valence electrons. The lowest BCUT2D eigenvalue weighted by Crippen LogP contribution is -2.13. The van der Waals surface area contributed by atoms with E-state index in [1.165, 1.54) is 0 Å². The number of hydrogen-bond acceptors (Lipinski definition) is 3. The van der Waals surface area contributed by atoms with E-state index in [0.717, 1.165) is 22.9 Å². The molecule has 17 heavy (non-hydrogen) atoms. The Labute approximate surface area is 101 Å². The zero-order valence-corrected chi connectivity index (χ0v) is 10.7. The average Bonchev–Trinajstić information content (AvgIpc) is 2.61. The van der Waals surface area contributed by atoms with Crippen molar-refractivity contribution in [2.75, 3.05) is 5.73 Å². The molecule has 0 bridgehead atoms. The van der Waals surface area contributed by atoms with Gasteiger partial charge in [-0.3, -0.25) is 0 Å². The number of rotatable bonds is 1. The molecule has 0 radical (unpaired) electrons. The first-order valence-corrected chi connectivity index (χ1v) is 5.66. The SMILES string of the molecule is Cn1nc(C(C)(C)C)nc1-c1ccccc1N. The van der Waals surface area contributed by atoms with Gasteiger partial charge in [0.25, 0.3) is 0 Å². The first kappa shape index (κ1) is 11.6. The zero-order valence-electron chi connectivity index (χ0n) is 10.7. The van der Waals surface area contributed by atoms with E-state index in [-0.39, 0.29) is 5.41 Å². The van der Waals surface area contributed by atoms with E-state index >= 15 is 0 Å². The number of nitrogen functional groups attached to an aromatic ring is 1. The van der Waals surface area contributed by atoms with Gasteiger partial charge < -0.3 is 5.73 Å². The fourth-order valence-electron chi connectivity index (χ4n) is 1.64. The largest absolute Gasteiger partial charge is 0.398 e. The van der Waals surface area contributed by atoms with Gasteiger partial charge in [-0.1, -0.05) is 32.9 Å². The predicted molar refractivity (Wildman–Crippen MR) is 69.6 cm³/mol. The maximum absolute atomic E-state index is 5.96. The highest BCUT2D eigenvalue weighted by atomic mass is 15.3. The molecule has 0 saturated heterocycles. The van der Waals surface area contributed by atoms with Crippen molar-refractivity contribution in [3.63, 3.8) is 0 Å². The number of para-hydroxylation sites is 1. The van der Waals surface area contributed by atoms with Crippen LogP contribution in [-0.4, -0.2) is 14.8 Å². The maximum atomic E-state index is 5.96. The number of benzene rings is 1. The number of nitrogens with two attached hydrogens (primary N) is 1. The first-order valence-electron chi connectivity index (χ1n) is 5.66. The minimum absolute atomic E-state index is 0.0560. The Morgan fingerprint density at radius 2 is 1.82 bits per heavy atom. The predicted octanol–water partition coefficient (Wildman–Crippen LogP) is 2.36. The van der Waals surface area contributed by atoms with E-state index < -0.39 is 0 Å². The molecular formula is C13H18N4. The first-order chi connectivity index (χ1) is 7.89. The van der Waals surface area contributed by atoms with Crippen molar-refractivity contribution in [1.29, 1.82) is 0 Å². The van der Waals surface area contributed by atoms with E-state index in [4.69, 9.17) is 5.73 Å². The van der Waals surface area contributed by atoms with E-state index in [2.05, 4.69) is 30.9 Å². The Morgan fingerprint density at radius 1 is 1.18 bits per heavy atom. The van der Waals surface area contributed by atoms with Crippen LogP contribution >= 0.6 is 0 Å². The lowest BCUT2D eigenvalue weighted by Gasteiger charge is -2.12. The van der Waals surface area contributed by atoms with Crippen LogP contribution in [0.3, 0.4) is 0 Å². The molecule has 1 aromatic carbocycles.